The molecular formula is C17H17N5O. The Morgan fingerprint density at radius 3 is 2.43 bits per heavy atom. The molecule has 116 valence electrons. The Labute approximate surface area is 134 Å². The summed E-state index contributed by atoms with van der Waals surface area (Å²) in [6.45, 7) is 0.747. The lowest BCUT2D eigenvalue weighted by atomic mass is 10.1. The highest BCUT2D eigenvalue weighted by Crippen LogP contribution is 2.15. The lowest BCUT2D eigenvalue weighted by Gasteiger charge is -2.08. The molecule has 3 rings (SSSR count). The van der Waals surface area contributed by atoms with E-state index in [0.717, 1.165) is 35.9 Å². The summed E-state index contributed by atoms with van der Waals surface area (Å²) in [5.41, 5.74) is 2.08. The SMILES string of the molecule is Oc1ccc(CCNc2cc(Nc3ccncc3)ncn2)cc1. The molecule has 3 aromatic rings. The fraction of sp³-hybridized carbons (Fsp3) is 0.118. The van der Waals surface area contributed by atoms with Crippen LogP contribution in [-0.4, -0.2) is 26.6 Å². The molecule has 0 unspecified atom stereocenters. The van der Waals surface area contributed by atoms with Crippen molar-refractivity contribution in [3.8, 4) is 5.75 Å². The summed E-state index contributed by atoms with van der Waals surface area (Å²) in [5.74, 6) is 1.76. The summed E-state index contributed by atoms with van der Waals surface area (Å²) in [4.78, 5) is 12.4. The third-order valence-corrected chi connectivity index (χ3v) is 3.28. The third-order valence-electron chi connectivity index (χ3n) is 3.28. The molecule has 3 N–H and O–H groups in total. The maximum absolute atomic E-state index is 9.27. The number of benzene rings is 1. The number of hydrogen-bond donors (Lipinski definition) is 3. The van der Waals surface area contributed by atoms with Crippen LogP contribution in [0.4, 0.5) is 17.3 Å². The van der Waals surface area contributed by atoms with Gasteiger partial charge in [-0.05, 0) is 36.2 Å². The minimum atomic E-state index is 0.282. The van der Waals surface area contributed by atoms with E-state index in [-0.39, 0.29) is 5.75 Å². The number of phenols is 1. The average Bonchev–Trinajstić information content (AvgIpc) is 2.58. The van der Waals surface area contributed by atoms with Gasteiger partial charge in [-0.15, -0.1) is 0 Å². The summed E-state index contributed by atoms with van der Waals surface area (Å²) in [7, 11) is 0. The minimum absolute atomic E-state index is 0.282. The largest absolute Gasteiger partial charge is 0.508 e. The third kappa shape index (κ3) is 4.41. The van der Waals surface area contributed by atoms with Gasteiger partial charge in [0.15, 0.2) is 0 Å². The lowest BCUT2D eigenvalue weighted by Crippen LogP contribution is -2.07. The molecule has 0 bridgehead atoms. The standard InChI is InChI=1S/C17H17N5O/c23-15-3-1-13(2-4-15)5-10-19-16-11-17(21-12-20-16)22-14-6-8-18-9-7-14/h1-4,6-9,11-12,23H,5,10H2,(H2,18,19,20,21,22). The molecule has 0 spiro atoms. The van der Waals surface area contributed by atoms with Crippen LogP contribution < -0.4 is 10.6 Å². The predicted molar refractivity (Wildman–Crippen MR) is 89.9 cm³/mol. The number of aromatic hydroxyl groups is 1. The molecule has 0 amide bonds. The van der Waals surface area contributed by atoms with Crippen molar-refractivity contribution in [1.82, 2.24) is 15.0 Å². The summed E-state index contributed by atoms with van der Waals surface area (Å²) in [5, 5.41) is 15.7. The van der Waals surface area contributed by atoms with E-state index < -0.39 is 0 Å². The Morgan fingerprint density at radius 2 is 1.65 bits per heavy atom. The molecule has 0 radical (unpaired) electrons. The molecule has 0 saturated heterocycles. The van der Waals surface area contributed by atoms with Gasteiger partial charge in [-0.2, -0.15) is 0 Å². The van der Waals surface area contributed by atoms with Crippen LogP contribution in [0.25, 0.3) is 0 Å². The van der Waals surface area contributed by atoms with Gasteiger partial charge in [0.25, 0.3) is 0 Å². The van der Waals surface area contributed by atoms with Crippen LogP contribution in [0.2, 0.25) is 0 Å². The number of aromatic nitrogens is 3. The van der Waals surface area contributed by atoms with E-state index in [1.165, 1.54) is 6.33 Å². The van der Waals surface area contributed by atoms with Crippen molar-refractivity contribution < 1.29 is 5.11 Å². The fourth-order valence-corrected chi connectivity index (χ4v) is 2.10. The second-order valence-corrected chi connectivity index (χ2v) is 4.99. The van der Waals surface area contributed by atoms with Crippen molar-refractivity contribution in [1.29, 1.82) is 0 Å². The molecular weight excluding hydrogens is 290 g/mol. The smallest absolute Gasteiger partial charge is 0.135 e. The summed E-state index contributed by atoms with van der Waals surface area (Å²) in [6.07, 6.45) is 5.81. The lowest BCUT2D eigenvalue weighted by molar-refractivity contribution is 0.475. The van der Waals surface area contributed by atoms with Crippen molar-refractivity contribution in [2.24, 2.45) is 0 Å². The molecule has 0 aliphatic rings. The number of nitrogens with one attached hydrogen (secondary N) is 2. The van der Waals surface area contributed by atoms with Gasteiger partial charge in [-0.25, -0.2) is 9.97 Å². The average molecular weight is 307 g/mol. The van der Waals surface area contributed by atoms with Crippen molar-refractivity contribution in [3.05, 3.63) is 66.7 Å². The molecule has 6 heteroatoms. The summed E-state index contributed by atoms with van der Waals surface area (Å²) >= 11 is 0. The molecule has 0 aliphatic heterocycles. The van der Waals surface area contributed by atoms with Crippen molar-refractivity contribution in [3.63, 3.8) is 0 Å². The number of rotatable bonds is 6. The molecule has 2 aromatic heterocycles. The number of hydrogen-bond acceptors (Lipinski definition) is 6. The van der Waals surface area contributed by atoms with Gasteiger partial charge in [-0.3, -0.25) is 4.98 Å². The highest BCUT2D eigenvalue weighted by atomic mass is 16.3. The molecule has 0 atom stereocenters. The van der Waals surface area contributed by atoms with E-state index in [4.69, 9.17) is 0 Å². The van der Waals surface area contributed by atoms with E-state index in [1.807, 2.05) is 30.3 Å². The second-order valence-electron chi connectivity index (χ2n) is 4.99. The van der Waals surface area contributed by atoms with Crippen LogP contribution >= 0.6 is 0 Å². The Kier molecular flexibility index (Phi) is 4.63. The maximum Gasteiger partial charge on any atom is 0.135 e. The van der Waals surface area contributed by atoms with E-state index in [1.54, 1.807) is 24.5 Å². The van der Waals surface area contributed by atoms with E-state index >= 15 is 0 Å². The highest BCUT2D eigenvalue weighted by Gasteiger charge is 2.00. The summed E-state index contributed by atoms with van der Waals surface area (Å²) in [6, 6.07) is 12.8. The molecule has 2 heterocycles. The van der Waals surface area contributed by atoms with Crippen LogP contribution in [0.15, 0.2) is 61.2 Å². The molecule has 6 nitrogen and oxygen atoms in total. The van der Waals surface area contributed by atoms with E-state index in [0.29, 0.717) is 0 Å². The van der Waals surface area contributed by atoms with Crippen LogP contribution in [-0.2, 0) is 6.42 Å². The normalized spacial score (nSPS) is 10.3. The number of pyridine rings is 1. The monoisotopic (exact) mass is 307 g/mol. The van der Waals surface area contributed by atoms with Gasteiger partial charge in [-0.1, -0.05) is 12.1 Å². The first-order valence-corrected chi connectivity index (χ1v) is 7.30. The predicted octanol–water partition coefficient (Wildman–Crippen LogP) is 2.98. The molecule has 0 fully saturated rings. The zero-order valence-electron chi connectivity index (χ0n) is 12.5. The number of phenolic OH excluding ortho intramolecular Hbond substituents is 1. The summed E-state index contributed by atoms with van der Waals surface area (Å²) < 4.78 is 0. The first kappa shape index (κ1) is 14.8. The Balaban J connectivity index is 1.56. The molecule has 0 saturated carbocycles. The van der Waals surface area contributed by atoms with Crippen molar-refractivity contribution in [2.45, 2.75) is 6.42 Å². The zero-order chi connectivity index (χ0) is 15.9. The Hall–Kier alpha value is -3.15. The fourth-order valence-electron chi connectivity index (χ4n) is 2.10. The highest BCUT2D eigenvalue weighted by molar-refractivity contribution is 5.58. The number of nitrogens with zero attached hydrogens (tertiary/aromatic N) is 3. The van der Waals surface area contributed by atoms with Gasteiger partial charge >= 0.3 is 0 Å². The van der Waals surface area contributed by atoms with Crippen molar-refractivity contribution in [2.75, 3.05) is 17.2 Å². The first-order chi connectivity index (χ1) is 11.3. The van der Waals surface area contributed by atoms with Gasteiger partial charge in [0.1, 0.15) is 23.7 Å². The van der Waals surface area contributed by atoms with Crippen LogP contribution in [0, 0.1) is 0 Å². The Morgan fingerprint density at radius 1 is 0.913 bits per heavy atom. The maximum atomic E-state index is 9.27. The minimum Gasteiger partial charge on any atom is -0.508 e. The quantitative estimate of drug-likeness (QED) is 0.649. The first-order valence-electron chi connectivity index (χ1n) is 7.30. The topological polar surface area (TPSA) is 83.0 Å². The number of anilines is 3. The Bertz CT molecular complexity index is 746. The van der Waals surface area contributed by atoms with Crippen LogP contribution in [0.3, 0.4) is 0 Å². The van der Waals surface area contributed by atoms with Gasteiger partial charge in [0.2, 0.25) is 0 Å². The van der Waals surface area contributed by atoms with Crippen LogP contribution in [0.5, 0.6) is 5.75 Å². The zero-order valence-corrected chi connectivity index (χ0v) is 12.5. The van der Waals surface area contributed by atoms with Gasteiger partial charge < -0.3 is 15.7 Å². The molecule has 23 heavy (non-hydrogen) atoms. The second kappa shape index (κ2) is 7.22. The molecule has 1 aromatic carbocycles. The van der Waals surface area contributed by atoms with Crippen molar-refractivity contribution >= 4 is 17.3 Å². The van der Waals surface area contributed by atoms with Crippen LogP contribution in [0.1, 0.15) is 5.56 Å². The molecule has 0 aliphatic carbocycles. The van der Waals surface area contributed by atoms with E-state index in [2.05, 4.69) is 25.6 Å². The van der Waals surface area contributed by atoms with Gasteiger partial charge in [0.05, 0.1) is 0 Å². The van der Waals surface area contributed by atoms with Gasteiger partial charge in [0, 0.05) is 30.7 Å². The van der Waals surface area contributed by atoms with E-state index in [9.17, 15) is 5.11 Å².